The summed E-state index contributed by atoms with van der Waals surface area (Å²) in [5, 5.41) is 14.1. The van der Waals surface area contributed by atoms with Crippen LogP contribution in [0.25, 0.3) is 22.2 Å². The number of rotatable bonds is 9. The number of fused-ring (bicyclic) bond motifs is 1. The van der Waals surface area contributed by atoms with Gasteiger partial charge >= 0.3 is 0 Å². The molecule has 1 aliphatic carbocycles. The number of hydrogen-bond donors (Lipinski definition) is 3. The number of anilines is 1. The summed E-state index contributed by atoms with van der Waals surface area (Å²) in [6, 6.07) is 12.3. The van der Waals surface area contributed by atoms with Crippen molar-refractivity contribution < 1.29 is 9.50 Å². The van der Waals surface area contributed by atoms with E-state index in [0.717, 1.165) is 29.8 Å². The number of nitrogens with zero attached hydrogens (tertiary/aromatic N) is 4. The first kappa shape index (κ1) is 26.1. The van der Waals surface area contributed by atoms with Gasteiger partial charge in [0.1, 0.15) is 18.3 Å². The minimum absolute atomic E-state index is 0.0197. The van der Waals surface area contributed by atoms with Gasteiger partial charge in [-0.1, -0.05) is 18.2 Å². The van der Waals surface area contributed by atoms with Gasteiger partial charge in [-0.2, -0.15) is 0 Å². The highest BCUT2D eigenvalue weighted by Crippen LogP contribution is 2.41. The Labute approximate surface area is 225 Å². The highest BCUT2D eigenvalue weighted by molar-refractivity contribution is 5.99. The van der Waals surface area contributed by atoms with Gasteiger partial charge in [-0.25, -0.2) is 9.38 Å². The second-order valence-electron chi connectivity index (χ2n) is 9.78. The second-order valence-corrected chi connectivity index (χ2v) is 9.78. The molecule has 0 aliphatic heterocycles. The van der Waals surface area contributed by atoms with Gasteiger partial charge in [0, 0.05) is 42.3 Å². The van der Waals surface area contributed by atoms with Gasteiger partial charge in [0.25, 0.3) is 5.56 Å². The second kappa shape index (κ2) is 10.7. The first-order chi connectivity index (χ1) is 18.8. The van der Waals surface area contributed by atoms with Crippen LogP contribution in [0.5, 0.6) is 0 Å². The maximum atomic E-state index is 15.1. The van der Waals surface area contributed by atoms with Crippen molar-refractivity contribution in [3.8, 4) is 5.69 Å². The Balaban J connectivity index is 1.49. The predicted octanol–water partition coefficient (Wildman–Crippen LogP) is 4.61. The number of aliphatic hydroxyl groups excluding tert-OH is 1. The van der Waals surface area contributed by atoms with E-state index < -0.39 is 18.0 Å². The summed E-state index contributed by atoms with van der Waals surface area (Å²) in [6.07, 6.45) is 7.21. The molecule has 4 aromatic rings. The van der Waals surface area contributed by atoms with Gasteiger partial charge < -0.3 is 20.7 Å². The third-order valence-electron chi connectivity index (χ3n) is 7.13. The van der Waals surface area contributed by atoms with Gasteiger partial charge in [0.2, 0.25) is 0 Å². The van der Waals surface area contributed by atoms with Crippen LogP contribution in [0.4, 0.5) is 10.1 Å². The van der Waals surface area contributed by atoms with Crippen LogP contribution < -0.4 is 16.6 Å². The number of benzene rings is 2. The molecule has 0 amide bonds. The van der Waals surface area contributed by atoms with E-state index in [1.807, 2.05) is 36.9 Å². The van der Waals surface area contributed by atoms with E-state index in [4.69, 9.17) is 5.73 Å². The minimum Gasteiger partial charge on any atom is -0.392 e. The van der Waals surface area contributed by atoms with Gasteiger partial charge in [0.05, 0.1) is 29.1 Å². The number of aryl methyl sites for hydroxylation is 2. The van der Waals surface area contributed by atoms with E-state index in [2.05, 4.69) is 22.0 Å². The zero-order valence-corrected chi connectivity index (χ0v) is 22.0. The highest BCUT2D eigenvalue weighted by Gasteiger charge is 2.25. The molecular weight excluding hydrogens is 495 g/mol. The van der Waals surface area contributed by atoms with Gasteiger partial charge in [-0.05, 0) is 67.6 Å². The molecule has 2 aromatic carbocycles. The fourth-order valence-corrected chi connectivity index (χ4v) is 4.79. The lowest BCUT2D eigenvalue weighted by Crippen LogP contribution is -2.20. The first-order valence-electron chi connectivity index (χ1n) is 12.7. The monoisotopic (exact) mass is 526 g/mol. The van der Waals surface area contributed by atoms with Crippen molar-refractivity contribution >= 4 is 34.7 Å². The molecule has 1 aliphatic rings. The molecule has 8 nitrogen and oxygen atoms in total. The smallest absolute Gasteiger partial charge is 0.265 e. The lowest BCUT2D eigenvalue weighted by atomic mass is 10.0. The van der Waals surface area contributed by atoms with Crippen molar-refractivity contribution in [2.75, 3.05) is 12.0 Å². The molecule has 0 spiro atoms. The van der Waals surface area contributed by atoms with E-state index in [0.29, 0.717) is 33.8 Å². The number of nitrogens with one attached hydrogen (secondary N) is 1. The molecule has 2 aromatic heterocycles. The SMILES string of the molecule is C=N/C(=C\C(N)=N/CNc1cc(C)n(C)c1)c1cccc(-n2ccc3cc(C4CC4)cc(F)c3c2=O)c1CO. The summed E-state index contributed by atoms with van der Waals surface area (Å²) in [5.74, 6) is 0.0465. The van der Waals surface area contributed by atoms with Gasteiger partial charge in [0.15, 0.2) is 0 Å². The van der Waals surface area contributed by atoms with Gasteiger partial charge in [-0.3, -0.25) is 14.4 Å². The predicted molar refractivity (Wildman–Crippen MR) is 155 cm³/mol. The molecule has 0 radical (unpaired) electrons. The van der Waals surface area contributed by atoms with Gasteiger partial charge in [-0.15, -0.1) is 0 Å². The summed E-state index contributed by atoms with van der Waals surface area (Å²) in [7, 11) is 1.96. The van der Waals surface area contributed by atoms with Crippen LogP contribution in [0, 0.1) is 12.7 Å². The minimum atomic E-state index is -0.535. The van der Waals surface area contributed by atoms with Crippen LogP contribution in [0.1, 0.15) is 41.1 Å². The van der Waals surface area contributed by atoms with E-state index in [-0.39, 0.29) is 17.9 Å². The normalized spacial score (nSPS) is 14.2. The summed E-state index contributed by atoms with van der Waals surface area (Å²) in [5.41, 5.74) is 10.4. The number of aliphatic hydroxyl groups is 1. The maximum Gasteiger partial charge on any atom is 0.265 e. The summed E-state index contributed by atoms with van der Waals surface area (Å²) < 4.78 is 18.4. The van der Waals surface area contributed by atoms with Crippen molar-refractivity contribution in [2.24, 2.45) is 22.8 Å². The Morgan fingerprint density at radius 2 is 2.08 bits per heavy atom. The lowest BCUT2D eigenvalue weighted by Gasteiger charge is -2.16. The summed E-state index contributed by atoms with van der Waals surface area (Å²) in [6.45, 7) is 5.53. The van der Waals surface area contributed by atoms with Crippen LogP contribution in [0.3, 0.4) is 0 Å². The molecule has 9 heteroatoms. The maximum absolute atomic E-state index is 15.1. The van der Waals surface area contributed by atoms with Crippen LogP contribution in [0.15, 0.2) is 75.7 Å². The van der Waals surface area contributed by atoms with E-state index in [9.17, 15) is 9.90 Å². The molecule has 1 fully saturated rings. The van der Waals surface area contributed by atoms with Crippen molar-refractivity contribution in [3.63, 3.8) is 0 Å². The summed E-state index contributed by atoms with van der Waals surface area (Å²) >= 11 is 0. The number of pyridine rings is 1. The molecule has 0 unspecified atom stereocenters. The Bertz CT molecular complexity index is 1670. The molecule has 0 atom stereocenters. The molecule has 0 bridgehead atoms. The zero-order chi connectivity index (χ0) is 27.7. The molecule has 1 saturated carbocycles. The largest absolute Gasteiger partial charge is 0.392 e. The van der Waals surface area contributed by atoms with Crippen molar-refractivity contribution in [1.82, 2.24) is 9.13 Å². The summed E-state index contributed by atoms with van der Waals surface area (Å²) in [4.78, 5) is 21.9. The lowest BCUT2D eigenvalue weighted by molar-refractivity contribution is 0.281. The molecule has 2 heterocycles. The van der Waals surface area contributed by atoms with Crippen LogP contribution in [0.2, 0.25) is 0 Å². The number of aliphatic imine (C=N–C) groups is 2. The Morgan fingerprint density at radius 1 is 1.28 bits per heavy atom. The standard InChI is InChI=1S/C30H31FN6O2/c1-18-11-22(15-36(18)3)34-17-35-28(32)14-26(33-2)23-5-4-6-27(24(23)16-38)37-10-9-20-12-21(19-7-8-19)13-25(31)29(20)30(37)39/h4-6,9-15,19,34,38H,2,7-8,16-17H2,1,3H3,(H2,32,35)/b26-14-. The number of amidine groups is 1. The number of hydrogen-bond acceptors (Lipinski definition) is 5. The van der Waals surface area contributed by atoms with E-state index in [1.165, 1.54) is 10.6 Å². The van der Waals surface area contributed by atoms with Crippen molar-refractivity contribution in [3.05, 3.63) is 99.5 Å². The average Bonchev–Trinajstić information content (AvgIpc) is 3.72. The average molecular weight is 527 g/mol. The van der Waals surface area contributed by atoms with E-state index in [1.54, 1.807) is 36.5 Å². The Morgan fingerprint density at radius 3 is 2.74 bits per heavy atom. The fraction of sp³-hybridized carbons (Fsp3) is 0.233. The Kier molecular flexibility index (Phi) is 7.17. The molecular formula is C30H31FN6O2. The van der Waals surface area contributed by atoms with Crippen LogP contribution in [-0.2, 0) is 13.7 Å². The first-order valence-corrected chi connectivity index (χ1v) is 12.7. The van der Waals surface area contributed by atoms with Crippen molar-refractivity contribution in [2.45, 2.75) is 32.3 Å². The number of nitrogens with two attached hydrogens (primary N) is 1. The van der Waals surface area contributed by atoms with E-state index >= 15 is 4.39 Å². The third kappa shape index (κ3) is 5.26. The number of halogens is 1. The Hall–Kier alpha value is -4.50. The quantitative estimate of drug-likeness (QED) is 0.218. The third-order valence-corrected chi connectivity index (χ3v) is 7.13. The fourth-order valence-electron chi connectivity index (χ4n) is 4.79. The molecule has 200 valence electrons. The van der Waals surface area contributed by atoms with Crippen molar-refractivity contribution in [1.29, 1.82) is 0 Å². The molecule has 0 saturated heterocycles. The molecule has 39 heavy (non-hydrogen) atoms. The molecule has 5 rings (SSSR count). The van der Waals surface area contributed by atoms with Crippen LogP contribution >= 0.6 is 0 Å². The molecule has 4 N–H and O–H groups in total. The topological polar surface area (TPSA) is 110 Å². The number of aromatic nitrogens is 2. The van der Waals surface area contributed by atoms with Crippen LogP contribution in [-0.4, -0.2) is 33.5 Å². The zero-order valence-electron chi connectivity index (χ0n) is 22.0. The highest BCUT2D eigenvalue weighted by atomic mass is 19.1.